The van der Waals surface area contributed by atoms with Gasteiger partial charge in [-0.15, -0.1) is 0 Å². The molecule has 0 saturated heterocycles. The topological polar surface area (TPSA) is 68.0 Å². The molecule has 0 aliphatic rings. The van der Waals surface area contributed by atoms with Crippen LogP contribution >= 0.6 is 11.6 Å². The minimum Gasteiger partial charge on any atom is -0.366 e. The minimum absolute atomic E-state index is 0.00228. The Hall–Kier alpha value is -2.35. The van der Waals surface area contributed by atoms with Crippen LogP contribution in [0.25, 0.3) is 0 Å². The van der Waals surface area contributed by atoms with E-state index in [1.54, 1.807) is 0 Å². The molecule has 9 heteroatoms. The molecule has 1 amide bonds. The van der Waals surface area contributed by atoms with Gasteiger partial charge in [-0.3, -0.25) is 4.79 Å². The number of halogens is 5. The van der Waals surface area contributed by atoms with E-state index < -0.39 is 30.0 Å². The van der Waals surface area contributed by atoms with E-state index in [0.717, 1.165) is 6.07 Å². The first kappa shape index (κ1) is 17.0. The summed E-state index contributed by atoms with van der Waals surface area (Å²) in [6.07, 6.45) is -4.10. The Morgan fingerprint density at radius 1 is 1.26 bits per heavy atom. The van der Waals surface area contributed by atoms with Crippen LogP contribution in [0.3, 0.4) is 0 Å². The van der Waals surface area contributed by atoms with E-state index in [4.69, 9.17) is 17.3 Å². The largest absolute Gasteiger partial charge is 0.419 e. The lowest BCUT2D eigenvalue weighted by Crippen LogP contribution is -2.15. The summed E-state index contributed by atoms with van der Waals surface area (Å²) in [5, 5.41) is 2.29. The fourth-order valence-corrected chi connectivity index (χ4v) is 2.05. The second kappa shape index (κ2) is 6.41. The van der Waals surface area contributed by atoms with Crippen LogP contribution in [-0.2, 0) is 12.9 Å². The number of aromatic nitrogens is 1. The van der Waals surface area contributed by atoms with E-state index in [1.165, 1.54) is 18.2 Å². The van der Waals surface area contributed by atoms with Crippen LogP contribution in [0.2, 0.25) is 5.15 Å². The number of hydrogen-bond acceptors (Lipinski definition) is 3. The number of nitrogens with zero attached hydrogens (tertiary/aromatic N) is 1. The lowest BCUT2D eigenvalue weighted by Gasteiger charge is -2.16. The van der Waals surface area contributed by atoms with Crippen LogP contribution in [0.1, 0.15) is 21.5 Å². The summed E-state index contributed by atoms with van der Waals surface area (Å²) in [4.78, 5) is 14.8. The molecule has 1 heterocycles. The van der Waals surface area contributed by atoms with Crippen LogP contribution in [0.4, 0.5) is 28.9 Å². The summed E-state index contributed by atoms with van der Waals surface area (Å²) in [6.45, 7) is -0.838. The Labute approximate surface area is 133 Å². The maximum Gasteiger partial charge on any atom is 0.419 e. The van der Waals surface area contributed by atoms with Crippen LogP contribution in [0, 0.1) is 0 Å². The van der Waals surface area contributed by atoms with Gasteiger partial charge in [-0.05, 0) is 23.8 Å². The molecule has 0 fully saturated rings. The SMILES string of the molecule is NC(=O)c1cc(CF)ccc1Nc1cc(Cl)ncc1C(F)(F)F. The second-order valence-corrected chi connectivity index (χ2v) is 4.94. The summed E-state index contributed by atoms with van der Waals surface area (Å²) in [7, 11) is 0. The number of alkyl halides is 4. The van der Waals surface area contributed by atoms with Gasteiger partial charge in [0.05, 0.1) is 22.5 Å². The van der Waals surface area contributed by atoms with E-state index in [9.17, 15) is 22.4 Å². The van der Waals surface area contributed by atoms with Gasteiger partial charge < -0.3 is 11.1 Å². The molecule has 0 unspecified atom stereocenters. The number of amides is 1. The molecule has 0 bridgehead atoms. The van der Waals surface area contributed by atoms with Crippen molar-refractivity contribution in [1.82, 2.24) is 4.98 Å². The molecular weight excluding hydrogens is 338 g/mol. The molecule has 0 spiro atoms. The van der Waals surface area contributed by atoms with Gasteiger partial charge in [0.25, 0.3) is 5.91 Å². The van der Waals surface area contributed by atoms with Crippen molar-refractivity contribution in [2.75, 3.05) is 5.32 Å². The molecule has 0 radical (unpaired) electrons. The van der Waals surface area contributed by atoms with Crippen LogP contribution in [0.15, 0.2) is 30.5 Å². The Morgan fingerprint density at radius 3 is 2.52 bits per heavy atom. The number of carbonyl (C=O) groups excluding carboxylic acids is 1. The third-order valence-electron chi connectivity index (χ3n) is 2.95. The highest BCUT2D eigenvalue weighted by Gasteiger charge is 2.34. The first-order valence-corrected chi connectivity index (χ1v) is 6.58. The Bertz CT molecular complexity index is 749. The third kappa shape index (κ3) is 3.89. The van der Waals surface area contributed by atoms with E-state index in [1.807, 2.05) is 0 Å². The van der Waals surface area contributed by atoms with Crippen LogP contribution in [0.5, 0.6) is 0 Å². The molecule has 2 aromatic rings. The standard InChI is InChI=1S/C14H10ClF4N3O/c15-12-4-11(9(6-21-12)14(17,18)19)22-10-2-1-7(5-16)3-8(10)13(20)23/h1-4,6H,5H2,(H2,20,23)(H,21,22). The molecule has 23 heavy (non-hydrogen) atoms. The van der Waals surface area contributed by atoms with E-state index in [0.29, 0.717) is 6.20 Å². The van der Waals surface area contributed by atoms with Crippen molar-refractivity contribution in [3.63, 3.8) is 0 Å². The molecule has 1 aromatic heterocycles. The summed E-state index contributed by atoms with van der Waals surface area (Å²) in [5.74, 6) is -0.906. The van der Waals surface area contributed by atoms with Gasteiger partial charge >= 0.3 is 6.18 Å². The zero-order valence-electron chi connectivity index (χ0n) is 11.4. The number of rotatable bonds is 4. The molecule has 4 nitrogen and oxygen atoms in total. The normalized spacial score (nSPS) is 11.3. The van der Waals surface area contributed by atoms with Crippen molar-refractivity contribution in [2.24, 2.45) is 5.73 Å². The van der Waals surface area contributed by atoms with Gasteiger partial charge in [-0.25, -0.2) is 9.37 Å². The number of hydrogen-bond donors (Lipinski definition) is 2. The maximum absolute atomic E-state index is 13.0. The number of benzene rings is 1. The van der Waals surface area contributed by atoms with Crippen molar-refractivity contribution in [3.05, 3.63) is 52.3 Å². The highest BCUT2D eigenvalue weighted by Crippen LogP contribution is 2.37. The summed E-state index contributed by atoms with van der Waals surface area (Å²) in [5.41, 5.74) is 3.76. The highest BCUT2D eigenvalue weighted by molar-refractivity contribution is 6.29. The number of nitrogens with one attached hydrogen (secondary N) is 1. The molecule has 1 aromatic carbocycles. The average molecular weight is 348 g/mol. The first-order valence-electron chi connectivity index (χ1n) is 6.21. The van der Waals surface area contributed by atoms with Gasteiger partial charge in [0.2, 0.25) is 0 Å². The second-order valence-electron chi connectivity index (χ2n) is 4.55. The highest BCUT2D eigenvalue weighted by atomic mass is 35.5. The van der Waals surface area contributed by atoms with Crippen molar-refractivity contribution in [3.8, 4) is 0 Å². The van der Waals surface area contributed by atoms with Crippen molar-refractivity contribution in [1.29, 1.82) is 0 Å². The van der Waals surface area contributed by atoms with Crippen LogP contribution in [-0.4, -0.2) is 10.9 Å². The lowest BCUT2D eigenvalue weighted by atomic mass is 10.1. The number of carbonyl (C=O) groups is 1. The quantitative estimate of drug-likeness (QED) is 0.647. The van der Waals surface area contributed by atoms with Gasteiger partial charge in [-0.2, -0.15) is 13.2 Å². The molecule has 2 rings (SSSR count). The number of pyridine rings is 1. The third-order valence-corrected chi connectivity index (χ3v) is 3.16. The molecule has 0 aliphatic heterocycles. The number of nitrogens with two attached hydrogens (primary N) is 1. The molecule has 0 saturated carbocycles. The summed E-state index contributed by atoms with van der Waals surface area (Å²) < 4.78 is 51.6. The van der Waals surface area contributed by atoms with Crippen LogP contribution < -0.4 is 11.1 Å². The molecule has 122 valence electrons. The Kier molecular flexibility index (Phi) is 4.74. The first-order chi connectivity index (χ1) is 10.7. The molecule has 0 aliphatic carbocycles. The maximum atomic E-state index is 13.0. The minimum atomic E-state index is -4.67. The summed E-state index contributed by atoms with van der Waals surface area (Å²) >= 11 is 5.62. The Morgan fingerprint density at radius 2 is 1.96 bits per heavy atom. The van der Waals surface area contributed by atoms with Crippen molar-refractivity contribution < 1.29 is 22.4 Å². The lowest BCUT2D eigenvalue weighted by molar-refractivity contribution is -0.137. The smallest absolute Gasteiger partial charge is 0.366 e. The fraction of sp³-hybridized carbons (Fsp3) is 0.143. The van der Waals surface area contributed by atoms with Gasteiger partial charge in [0.15, 0.2) is 0 Å². The van der Waals surface area contributed by atoms with Crippen molar-refractivity contribution in [2.45, 2.75) is 12.9 Å². The number of primary amides is 1. The summed E-state index contributed by atoms with van der Waals surface area (Å²) in [6, 6.07) is 4.73. The average Bonchev–Trinajstić information content (AvgIpc) is 2.46. The predicted octanol–water partition coefficient (Wildman–Crippen LogP) is 4.07. The zero-order chi connectivity index (χ0) is 17.2. The monoisotopic (exact) mass is 347 g/mol. The molecule has 0 atom stereocenters. The van der Waals surface area contributed by atoms with Gasteiger partial charge in [0.1, 0.15) is 11.8 Å². The zero-order valence-corrected chi connectivity index (χ0v) is 12.2. The Balaban J connectivity index is 2.51. The number of anilines is 2. The van der Waals surface area contributed by atoms with E-state index in [2.05, 4.69) is 10.3 Å². The molecule has 3 N–H and O–H groups in total. The molecular formula is C14H10ClF4N3O. The predicted molar refractivity (Wildman–Crippen MR) is 77.3 cm³/mol. The van der Waals surface area contributed by atoms with Crippen molar-refractivity contribution >= 4 is 28.9 Å². The fourth-order valence-electron chi connectivity index (χ4n) is 1.89. The van der Waals surface area contributed by atoms with E-state index in [-0.39, 0.29) is 22.0 Å². The van der Waals surface area contributed by atoms with E-state index >= 15 is 0 Å². The van der Waals surface area contributed by atoms with Gasteiger partial charge in [0, 0.05) is 6.20 Å². The van der Waals surface area contributed by atoms with Gasteiger partial charge in [-0.1, -0.05) is 17.7 Å².